The normalized spacial score (nSPS) is 13.7. The molecule has 0 N–H and O–H groups in total. The van der Waals surface area contributed by atoms with Crippen LogP contribution in [0.4, 0.5) is 14.6 Å². The van der Waals surface area contributed by atoms with Crippen molar-refractivity contribution in [2.24, 2.45) is 0 Å². The number of hydrogen-bond acceptors (Lipinski definition) is 6. The SMILES string of the molecule is O=C(c1cccnc1)N1CCN(c2cnc(-c3ccc(F)cc3F)c(-c3ccncc3Cl)n2)CC1. The molecule has 0 bridgehead atoms. The number of amides is 1. The molecule has 176 valence electrons. The van der Waals surface area contributed by atoms with Gasteiger partial charge in [0.05, 0.1) is 22.5 Å². The Morgan fingerprint density at radius 1 is 0.886 bits per heavy atom. The first-order chi connectivity index (χ1) is 17.0. The minimum atomic E-state index is -0.749. The monoisotopic (exact) mass is 492 g/mol. The summed E-state index contributed by atoms with van der Waals surface area (Å²) in [5, 5.41) is 0.328. The van der Waals surface area contributed by atoms with E-state index in [4.69, 9.17) is 16.6 Å². The summed E-state index contributed by atoms with van der Waals surface area (Å²) >= 11 is 6.39. The first-order valence-electron chi connectivity index (χ1n) is 10.9. The molecule has 1 aliphatic rings. The molecule has 0 spiro atoms. The Morgan fingerprint density at radius 2 is 1.69 bits per heavy atom. The predicted octanol–water partition coefficient (Wildman–Crippen LogP) is 4.49. The van der Waals surface area contributed by atoms with Crippen molar-refractivity contribution in [2.75, 3.05) is 31.1 Å². The second-order valence-corrected chi connectivity index (χ2v) is 8.33. The van der Waals surface area contributed by atoms with Gasteiger partial charge >= 0.3 is 0 Å². The summed E-state index contributed by atoms with van der Waals surface area (Å²) < 4.78 is 28.2. The Hall–Kier alpha value is -3.98. The van der Waals surface area contributed by atoms with E-state index in [-0.39, 0.29) is 17.2 Å². The van der Waals surface area contributed by atoms with E-state index in [0.717, 1.165) is 6.07 Å². The molecule has 35 heavy (non-hydrogen) atoms. The molecule has 10 heteroatoms. The van der Waals surface area contributed by atoms with Crippen molar-refractivity contribution in [3.05, 3.63) is 89.6 Å². The number of piperazine rings is 1. The van der Waals surface area contributed by atoms with Crippen LogP contribution in [-0.2, 0) is 0 Å². The van der Waals surface area contributed by atoms with E-state index in [1.54, 1.807) is 47.9 Å². The lowest BCUT2D eigenvalue weighted by Crippen LogP contribution is -2.49. The maximum absolute atomic E-state index is 14.6. The molecule has 4 heterocycles. The molecule has 0 saturated carbocycles. The van der Waals surface area contributed by atoms with Crippen LogP contribution in [0.5, 0.6) is 0 Å². The topological polar surface area (TPSA) is 75.1 Å². The number of nitrogens with zero attached hydrogens (tertiary/aromatic N) is 6. The fourth-order valence-corrected chi connectivity index (χ4v) is 4.19. The van der Waals surface area contributed by atoms with Gasteiger partial charge in [0.2, 0.25) is 0 Å². The molecule has 1 aliphatic heterocycles. The molecule has 3 aromatic heterocycles. The molecule has 0 radical (unpaired) electrons. The number of hydrogen-bond donors (Lipinski definition) is 0. The van der Waals surface area contributed by atoms with Crippen LogP contribution in [0.3, 0.4) is 0 Å². The first-order valence-corrected chi connectivity index (χ1v) is 11.3. The molecule has 1 saturated heterocycles. The zero-order valence-electron chi connectivity index (χ0n) is 18.4. The van der Waals surface area contributed by atoms with Gasteiger partial charge in [-0.25, -0.2) is 18.7 Å². The summed E-state index contributed by atoms with van der Waals surface area (Å²) in [4.78, 5) is 33.8. The van der Waals surface area contributed by atoms with Crippen molar-refractivity contribution in [3.8, 4) is 22.5 Å². The minimum absolute atomic E-state index is 0.0739. The molecule has 0 aliphatic carbocycles. The lowest BCUT2D eigenvalue weighted by atomic mass is 10.0. The van der Waals surface area contributed by atoms with Crippen LogP contribution in [0.15, 0.2) is 67.4 Å². The Balaban J connectivity index is 1.46. The van der Waals surface area contributed by atoms with E-state index in [0.29, 0.717) is 53.8 Å². The van der Waals surface area contributed by atoms with Crippen molar-refractivity contribution in [1.82, 2.24) is 24.8 Å². The molecule has 1 amide bonds. The number of halogens is 3. The van der Waals surface area contributed by atoms with Gasteiger partial charge in [0, 0.05) is 68.2 Å². The fraction of sp³-hybridized carbons (Fsp3) is 0.160. The highest BCUT2D eigenvalue weighted by Gasteiger charge is 2.25. The van der Waals surface area contributed by atoms with Crippen LogP contribution in [-0.4, -0.2) is 56.9 Å². The van der Waals surface area contributed by atoms with Crippen LogP contribution < -0.4 is 4.90 Å². The standard InChI is InChI=1S/C25H19ClF2N6O/c26-20-14-30-7-5-18(20)24-23(19-4-3-17(27)12-21(19)28)31-15-22(32-24)33-8-10-34(11-9-33)25(35)16-2-1-6-29-13-16/h1-7,12-15H,8-11H2. The van der Waals surface area contributed by atoms with Gasteiger partial charge in [0.25, 0.3) is 5.91 Å². The Bertz CT molecular complexity index is 1380. The summed E-state index contributed by atoms with van der Waals surface area (Å²) in [6.07, 6.45) is 7.76. The van der Waals surface area contributed by atoms with Crippen LogP contribution in [0.2, 0.25) is 5.02 Å². The van der Waals surface area contributed by atoms with Crippen LogP contribution in [0.25, 0.3) is 22.5 Å². The number of carbonyl (C=O) groups excluding carboxylic acids is 1. The van der Waals surface area contributed by atoms with Gasteiger partial charge < -0.3 is 9.80 Å². The van der Waals surface area contributed by atoms with E-state index >= 15 is 0 Å². The Kier molecular flexibility index (Phi) is 6.33. The highest BCUT2D eigenvalue weighted by Crippen LogP contribution is 2.35. The highest BCUT2D eigenvalue weighted by atomic mass is 35.5. The van der Waals surface area contributed by atoms with Crippen molar-refractivity contribution < 1.29 is 13.6 Å². The van der Waals surface area contributed by atoms with Gasteiger partial charge in [-0.05, 0) is 30.3 Å². The fourth-order valence-electron chi connectivity index (χ4n) is 3.98. The zero-order valence-corrected chi connectivity index (χ0v) is 19.2. The molecule has 5 rings (SSSR count). The van der Waals surface area contributed by atoms with Crippen LogP contribution in [0.1, 0.15) is 10.4 Å². The molecule has 0 unspecified atom stereocenters. The number of carbonyl (C=O) groups is 1. The summed E-state index contributed by atoms with van der Waals surface area (Å²) in [6.45, 7) is 2.06. The smallest absolute Gasteiger partial charge is 0.255 e. The van der Waals surface area contributed by atoms with Gasteiger partial charge in [0.15, 0.2) is 0 Å². The van der Waals surface area contributed by atoms with Gasteiger partial charge in [-0.1, -0.05) is 11.6 Å². The third kappa shape index (κ3) is 4.67. The first kappa shape index (κ1) is 22.8. The second-order valence-electron chi connectivity index (χ2n) is 7.93. The number of aromatic nitrogens is 4. The van der Waals surface area contributed by atoms with E-state index < -0.39 is 11.6 Å². The van der Waals surface area contributed by atoms with E-state index in [1.807, 2.05) is 4.90 Å². The van der Waals surface area contributed by atoms with E-state index in [1.165, 1.54) is 18.3 Å². The third-order valence-electron chi connectivity index (χ3n) is 5.77. The van der Waals surface area contributed by atoms with Gasteiger partial charge in [-0.15, -0.1) is 0 Å². The third-order valence-corrected chi connectivity index (χ3v) is 6.07. The van der Waals surface area contributed by atoms with Crippen LogP contribution >= 0.6 is 11.6 Å². The molecular formula is C25H19ClF2N6O. The van der Waals surface area contributed by atoms with E-state index in [9.17, 15) is 13.6 Å². The number of rotatable bonds is 4. The molecule has 1 aromatic carbocycles. The van der Waals surface area contributed by atoms with Crippen LogP contribution in [0, 0.1) is 11.6 Å². The Labute approximate surface area is 205 Å². The summed E-state index contributed by atoms with van der Waals surface area (Å²) in [6, 6.07) is 8.45. The zero-order chi connectivity index (χ0) is 24.4. The highest BCUT2D eigenvalue weighted by molar-refractivity contribution is 6.33. The molecule has 1 fully saturated rings. The summed E-state index contributed by atoms with van der Waals surface area (Å²) in [5.74, 6) is -0.943. The van der Waals surface area contributed by atoms with Gasteiger partial charge in [0.1, 0.15) is 23.1 Å². The molecule has 4 aromatic rings. The quantitative estimate of drug-likeness (QED) is 0.418. The van der Waals surface area contributed by atoms with Crippen molar-refractivity contribution >= 4 is 23.3 Å². The summed E-state index contributed by atoms with van der Waals surface area (Å²) in [7, 11) is 0. The average Bonchev–Trinajstić information content (AvgIpc) is 2.89. The second kappa shape index (κ2) is 9.71. The van der Waals surface area contributed by atoms with Crippen molar-refractivity contribution in [2.45, 2.75) is 0 Å². The maximum Gasteiger partial charge on any atom is 0.255 e. The van der Waals surface area contributed by atoms with Crippen molar-refractivity contribution in [1.29, 1.82) is 0 Å². The lowest BCUT2D eigenvalue weighted by Gasteiger charge is -2.35. The maximum atomic E-state index is 14.6. The number of anilines is 1. The molecule has 0 atom stereocenters. The number of pyridine rings is 2. The predicted molar refractivity (Wildman–Crippen MR) is 128 cm³/mol. The molecule has 7 nitrogen and oxygen atoms in total. The molecular weight excluding hydrogens is 474 g/mol. The number of benzene rings is 1. The van der Waals surface area contributed by atoms with Gasteiger partial charge in [-0.3, -0.25) is 14.8 Å². The van der Waals surface area contributed by atoms with Crippen molar-refractivity contribution in [3.63, 3.8) is 0 Å². The minimum Gasteiger partial charge on any atom is -0.352 e. The average molecular weight is 493 g/mol. The van der Waals surface area contributed by atoms with E-state index in [2.05, 4.69) is 15.0 Å². The summed E-state index contributed by atoms with van der Waals surface area (Å²) in [5.41, 5.74) is 1.78. The largest absolute Gasteiger partial charge is 0.352 e. The lowest BCUT2D eigenvalue weighted by molar-refractivity contribution is 0.0746. The Morgan fingerprint density at radius 3 is 2.40 bits per heavy atom. The van der Waals surface area contributed by atoms with Gasteiger partial charge in [-0.2, -0.15) is 0 Å².